The largest absolute Gasteiger partial charge is 0.416 e. The third-order valence-corrected chi connectivity index (χ3v) is 3.80. The number of aromatic nitrogens is 2. The molecule has 1 heterocycles. The minimum absolute atomic E-state index is 0.00166. The number of aliphatic hydroxyl groups excluding tert-OH is 1. The minimum atomic E-state index is -4.46. The molecule has 1 aromatic heterocycles. The summed E-state index contributed by atoms with van der Waals surface area (Å²) in [5, 5.41) is 15.6. The number of alkyl halides is 3. The second kappa shape index (κ2) is 7.77. The molecule has 2 N–H and O–H groups in total. The predicted molar refractivity (Wildman–Crippen MR) is 88.4 cm³/mol. The first-order valence-electron chi connectivity index (χ1n) is 7.96. The number of carbonyl (C=O) groups is 1. The zero-order valence-corrected chi connectivity index (χ0v) is 14.1. The molecule has 2 aromatic carbocycles. The highest BCUT2D eigenvalue weighted by Gasteiger charge is 2.30. The molecule has 3 aromatic rings. The molecule has 0 unspecified atom stereocenters. The van der Waals surface area contributed by atoms with Crippen LogP contribution in [0.2, 0.25) is 0 Å². The summed E-state index contributed by atoms with van der Waals surface area (Å²) in [5.74, 6) is -1.24. The van der Waals surface area contributed by atoms with Gasteiger partial charge in [0.15, 0.2) is 0 Å². The van der Waals surface area contributed by atoms with Gasteiger partial charge in [-0.25, -0.2) is 4.39 Å². The molecule has 146 valence electrons. The SMILES string of the molecule is O=C(N[C@H](CO)c1nc(-c2ccc(C(F)(F)F)cc2)no1)c1ccc(F)cc1. The summed E-state index contributed by atoms with van der Waals surface area (Å²) in [5.41, 5.74) is -0.397. The average Bonchev–Trinajstić information content (AvgIpc) is 3.16. The van der Waals surface area contributed by atoms with E-state index in [-0.39, 0.29) is 22.8 Å². The lowest BCUT2D eigenvalue weighted by molar-refractivity contribution is -0.137. The summed E-state index contributed by atoms with van der Waals surface area (Å²) in [4.78, 5) is 16.2. The molecule has 0 fully saturated rings. The van der Waals surface area contributed by atoms with Crippen molar-refractivity contribution in [2.24, 2.45) is 0 Å². The number of nitrogens with zero attached hydrogens (tertiary/aromatic N) is 2. The molecule has 0 saturated carbocycles. The van der Waals surface area contributed by atoms with E-state index < -0.39 is 36.1 Å². The third-order valence-electron chi connectivity index (χ3n) is 3.80. The van der Waals surface area contributed by atoms with E-state index in [0.29, 0.717) is 0 Å². The lowest BCUT2D eigenvalue weighted by Crippen LogP contribution is -2.31. The monoisotopic (exact) mass is 395 g/mol. The number of hydrogen-bond acceptors (Lipinski definition) is 5. The Morgan fingerprint density at radius 3 is 2.32 bits per heavy atom. The van der Waals surface area contributed by atoms with Crippen molar-refractivity contribution in [3.63, 3.8) is 0 Å². The molecule has 6 nitrogen and oxygen atoms in total. The fourth-order valence-corrected chi connectivity index (χ4v) is 2.33. The lowest BCUT2D eigenvalue weighted by Gasteiger charge is -2.12. The highest BCUT2D eigenvalue weighted by molar-refractivity contribution is 5.94. The highest BCUT2D eigenvalue weighted by atomic mass is 19.4. The van der Waals surface area contributed by atoms with Crippen molar-refractivity contribution in [1.29, 1.82) is 0 Å². The highest BCUT2D eigenvalue weighted by Crippen LogP contribution is 2.30. The van der Waals surface area contributed by atoms with Crippen LogP contribution in [0.25, 0.3) is 11.4 Å². The Labute approximate surface area is 155 Å². The van der Waals surface area contributed by atoms with Crippen molar-refractivity contribution in [3.05, 3.63) is 71.4 Å². The van der Waals surface area contributed by atoms with Gasteiger partial charge in [-0.05, 0) is 36.4 Å². The Balaban J connectivity index is 1.75. The van der Waals surface area contributed by atoms with Gasteiger partial charge >= 0.3 is 6.18 Å². The molecule has 0 spiro atoms. The van der Waals surface area contributed by atoms with Crippen LogP contribution in [-0.4, -0.2) is 27.8 Å². The zero-order valence-electron chi connectivity index (χ0n) is 14.1. The minimum Gasteiger partial charge on any atom is -0.394 e. The Morgan fingerprint density at radius 1 is 1.11 bits per heavy atom. The standard InChI is InChI=1S/C18H13F4N3O3/c19-13-7-3-11(4-8-13)16(27)23-14(9-26)17-24-15(25-28-17)10-1-5-12(6-2-10)18(20,21)22/h1-8,14,26H,9H2,(H,23,27)/t14-/m1/s1. The van der Waals surface area contributed by atoms with Gasteiger partial charge in [0.2, 0.25) is 5.82 Å². The van der Waals surface area contributed by atoms with Crippen molar-refractivity contribution < 1.29 is 32.0 Å². The van der Waals surface area contributed by atoms with Crippen molar-refractivity contribution in [2.45, 2.75) is 12.2 Å². The van der Waals surface area contributed by atoms with Crippen LogP contribution in [0.4, 0.5) is 17.6 Å². The van der Waals surface area contributed by atoms with Crippen LogP contribution in [0.5, 0.6) is 0 Å². The van der Waals surface area contributed by atoms with Crippen LogP contribution in [-0.2, 0) is 6.18 Å². The van der Waals surface area contributed by atoms with E-state index in [4.69, 9.17) is 4.52 Å². The quantitative estimate of drug-likeness (QED) is 0.647. The fourth-order valence-electron chi connectivity index (χ4n) is 2.33. The number of benzene rings is 2. The fraction of sp³-hybridized carbons (Fsp3) is 0.167. The Morgan fingerprint density at radius 2 is 1.75 bits per heavy atom. The lowest BCUT2D eigenvalue weighted by atomic mass is 10.1. The second-order valence-corrected chi connectivity index (χ2v) is 5.75. The van der Waals surface area contributed by atoms with Crippen LogP contribution < -0.4 is 5.32 Å². The van der Waals surface area contributed by atoms with Gasteiger partial charge in [-0.1, -0.05) is 17.3 Å². The maximum atomic E-state index is 12.9. The Kier molecular flexibility index (Phi) is 5.41. The van der Waals surface area contributed by atoms with E-state index >= 15 is 0 Å². The van der Waals surface area contributed by atoms with Crippen LogP contribution in [0.3, 0.4) is 0 Å². The maximum Gasteiger partial charge on any atom is 0.416 e. The predicted octanol–water partition coefficient (Wildman–Crippen LogP) is 3.36. The third kappa shape index (κ3) is 4.34. The topological polar surface area (TPSA) is 88.2 Å². The number of halogens is 4. The molecule has 0 radical (unpaired) electrons. The molecule has 0 aliphatic heterocycles. The van der Waals surface area contributed by atoms with Gasteiger partial charge in [0.25, 0.3) is 11.8 Å². The maximum absolute atomic E-state index is 12.9. The molecule has 1 amide bonds. The molecular weight excluding hydrogens is 382 g/mol. The van der Waals surface area contributed by atoms with Gasteiger partial charge in [-0.15, -0.1) is 0 Å². The van der Waals surface area contributed by atoms with Crippen molar-refractivity contribution in [1.82, 2.24) is 15.5 Å². The van der Waals surface area contributed by atoms with Crippen molar-refractivity contribution in [2.75, 3.05) is 6.61 Å². The number of rotatable bonds is 5. The summed E-state index contributed by atoms with van der Waals surface area (Å²) >= 11 is 0. The summed E-state index contributed by atoms with van der Waals surface area (Å²) < 4.78 is 55.8. The first-order chi connectivity index (χ1) is 13.3. The van der Waals surface area contributed by atoms with Gasteiger partial charge in [0.1, 0.15) is 11.9 Å². The Hall–Kier alpha value is -3.27. The van der Waals surface area contributed by atoms with Gasteiger partial charge in [-0.2, -0.15) is 18.2 Å². The number of amides is 1. The van der Waals surface area contributed by atoms with Gasteiger partial charge in [0.05, 0.1) is 12.2 Å². The van der Waals surface area contributed by atoms with E-state index in [9.17, 15) is 27.5 Å². The zero-order chi connectivity index (χ0) is 20.3. The average molecular weight is 395 g/mol. The number of carbonyl (C=O) groups excluding carboxylic acids is 1. The van der Waals surface area contributed by atoms with Gasteiger partial charge in [-0.3, -0.25) is 4.79 Å². The van der Waals surface area contributed by atoms with E-state index in [0.717, 1.165) is 24.3 Å². The molecule has 1 atom stereocenters. The van der Waals surface area contributed by atoms with Crippen LogP contribution in [0, 0.1) is 5.82 Å². The van der Waals surface area contributed by atoms with Crippen LogP contribution >= 0.6 is 0 Å². The molecule has 3 rings (SSSR count). The van der Waals surface area contributed by atoms with Crippen LogP contribution in [0.15, 0.2) is 53.1 Å². The summed E-state index contributed by atoms with van der Waals surface area (Å²) in [7, 11) is 0. The first-order valence-corrected chi connectivity index (χ1v) is 7.96. The molecule has 28 heavy (non-hydrogen) atoms. The van der Waals surface area contributed by atoms with Crippen molar-refractivity contribution in [3.8, 4) is 11.4 Å². The Bertz CT molecular complexity index is 953. The summed E-state index contributed by atoms with van der Waals surface area (Å²) in [6.07, 6.45) is -4.46. The molecule has 0 bridgehead atoms. The molecule has 10 heteroatoms. The number of hydrogen-bond donors (Lipinski definition) is 2. The smallest absolute Gasteiger partial charge is 0.394 e. The van der Waals surface area contributed by atoms with E-state index in [1.807, 2.05) is 0 Å². The van der Waals surface area contributed by atoms with Crippen molar-refractivity contribution >= 4 is 5.91 Å². The van der Waals surface area contributed by atoms with Gasteiger partial charge in [0, 0.05) is 11.1 Å². The normalized spacial score (nSPS) is 12.6. The van der Waals surface area contributed by atoms with Gasteiger partial charge < -0.3 is 14.9 Å². The van der Waals surface area contributed by atoms with E-state index in [2.05, 4.69) is 15.5 Å². The first kappa shape index (κ1) is 19.5. The molecule has 0 saturated heterocycles. The second-order valence-electron chi connectivity index (χ2n) is 5.75. The number of aliphatic hydroxyl groups is 1. The van der Waals surface area contributed by atoms with E-state index in [1.54, 1.807) is 0 Å². The molecule has 0 aliphatic carbocycles. The van der Waals surface area contributed by atoms with E-state index in [1.165, 1.54) is 24.3 Å². The molecular formula is C18H13F4N3O3. The summed E-state index contributed by atoms with van der Waals surface area (Å²) in [6, 6.07) is 7.83. The number of nitrogens with one attached hydrogen (secondary N) is 1. The van der Waals surface area contributed by atoms with Crippen LogP contribution in [0.1, 0.15) is 27.9 Å². The molecule has 0 aliphatic rings. The summed E-state index contributed by atoms with van der Waals surface area (Å²) in [6.45, 7) is -0.568.